The molecule has 4 nitrogen and oxygen atoms in total. The average molecular weight is 266 g/mol. The number of para-hydroxylation sites is 1. The Bertz CT molecular complexity index is 697. The van der Waals surface area contributed by atoms with Crippen LogP contribution >= 0.6 is 0 Å². The van der Waals surface area contributed by atoms with Gasteiger partial charge in [-0.25, -0.2) is 4.98 Å². The van der Waals surface area contributed by atoms with E-state index in [-0.39, 0.29) is 0 Å². The average Bonchev–Trinajstić information content (AvgIpc) is 2.93. The van der Waals surface area contributed by atoms with Gasteiger partial charge in [-0.3, -0.25) is 4.98 Å². The summed E-state index contributed by atoms with van der Waals surface area (Å²) in [5.41, 5.74) is 2.37. The molecule has 0 saturated carbocycles. The number of fused-ring (bicyclic) bond motifs is 1. The number of anilines is 1. The maximum atomic E-state index is 4.50. The number of hydrogen-bond donors (Lipinski definition) is 1. The van der Waals surface area contributed by atoms with Crippen LogP contribution in [0.15, 0.2) is 48.9 Å². The molecule has 2 aromatic heterocycles. The molecule has 3 aromatic rings. The number of nitrogens with one attached hydrogen (secondary N) is 1. The Morgan fingerprint density at radius 3 is 2.90 bits per heavy atom. The van der Waals surface area contributed by atoms with E-state index in [1.807, 2.05) is 24.7 Å². The smallest absolute Gasteiger partial charge is 0.202 e. The molecule has 0 fully saturated rings. The van der Waals surface area contributed by atoms with Crippen LogP contribution in [0.25, 0.3) is 10.9 Å². The van der Waals surface area contributed by atoms with E-state index in [1.54, 1.807) is 0 Å². The summed E-state index contributed by atoms with van der Waals surface area (Å²) in [6.45, 7) is 3.86. The number of pyridine rings is 1. The highest BCUT2D eigenvalue weighted by atomic mass is 15.2. The van der Waals surface area contributed by atoms with Crippen molar-refractivity contribution in [2.24, 2.45) is 0 Å². The highest BCUT2D eigenvalue weighted by molar-refractivity contribution is 5.81. The lowest BCUT2D eigenvalue weighted by Gasteiger charge is -2.09. The van der Waals surface area contributed by atoms with Gasteiger partial charge in [-0.15, -0.1) is 0 Å². The van der Waals surface area contributed by atoms with E-state index in [0.717, 1.165) is 31.0 Å². The van der Waals surface area contributed by atoms with Crippen molar-refractivity contribution in [3.05, 3.63) is 54.5 Å². The fraction of sp³-hybridized carbons (Fsp3) is 0.250. The van der Waals surface area contributed by atoms with E-state index in [9.17, 15) is 0 Å². The summed E-state index contributed by atoms with van der Waals surface area (Å²) in [4.78, 5) is 8.82. The molecule has 3 rings (SSSR count). The number of rotatable bonds is 5. The molecule has 0 aliphatic carbocycles. The van der Waals surface area contributed by atoms with Crippen molar-refractivity contribution in [3.8, 4) is 0 Å². The van der Waals surface area contributed by atoms with E-state index in [0.29, 0.717) is 0 Å². The zero-order valence-electron chi connectivity index (χ0n) is 11.6. The molecule has 1 N–H and O–H groups in total. The molecule has 1 aromatic carbocycles. The minimum atomic E-state index is 0.882. The van der Waals surface area contributed by atoms with Crippen molar-refractivity contribution in [1.29, 1.82) is 0 Å². The quantitative estimate of drug-likeness (QED) is 0.771. The predicted octanol–water partition coefficient (Wildman–Crippen LogP) is 3.11. The zero-order chi connectivity index (χ0) is 13.8. The number of aryl methyl sites for hydroxylation is 2. The van der Waals surface area contributed by atoms with Gasteiger partial charge in [0.2, 0.25) is 5.95 Å². The minimum Gasteiger partial charge on any atom is -0.356 e. The number of nitrogens with zero attached hydrogens (tertiary/aromatic N) is 3. The SMILES string of the molecule is CCNc1nccn1CCc1cccc2cccnc12. The van der Waals surface area contributed by atoms with Gasteiger partial charge in [0.1, 0.15) is 0 Å². The van der Waals surface area contributed by atoms with Crippen molar-refractivity contribution in [3.63, 3.8) is 0 Å². The lowest BCUT2D eigenvalue weighted by molar-refractivity contribution is 0.702. The molecule has 0 bridgehead atoms. The van der Waals surface area contributed by atoms with Gasteiger partial charge in [-0.05, 0) is 25.0 Å². The summed E-state index contributed by atoms with van der Waals surface area (Å²) in [5.74, 6) is 0.931. The molecule has 20 heavy (non-hydrogen) atoms. The molecule has 0 unspecified atom stereocenters. The molecule has 0 spiro atoms. The first kappa shape index (κ1) is 12.7. The molecule has 0 atom stereocenters. The Labute approximate surface area is 118 Å². The van der Waals surface area contributed by atoms with Crippen LogP contribution in [0, 0.1) is 0 Å². The fourth-order valence-electron chi connectivity index (χ4n) is 2.42. The van der Waals surface area contributed by atoms with Gasteiger partial charge in [-0.2, -0.15) is 0 Å². The van der Waals surface area contributed by atoms with Crippen LogP contribution in [-0.2, 0) is 13.0 Å². The van der Waals surface area contributed by atoms with Crippen LogP contribution in [0.4, 0.5) is 5.95 Å². The first-order valence-electron chi connectivity index (χ1n) is 6.96. The van der Waals surface area contributed by atoms with Gasteiger partial charge in [0, 0.05) is 37.1 Å². The standard InChI is InChI=1S/C16H18N4/c1-2-17-16-19-10-12-20(16)11-8-14-6-3-5-13-7-4-9-18-15(13)14/h3-7,9-10,12H,2,8,11H2,1H3,(H,17,19). The van der Waals surface area contributed by atoms with Gasteiger partial charge in [0.05, 0.1) is 5.52 Å². The van der Waals surface area contributed by atoms with Crippen LogP contribution in [0.3, 0.4) is 0 Å². The van der Waals surface area contributed by atoms with Crippen molar-refractivity contribution >= 4 is 16.9 Å². The number of hydrogen-bond acceptors (Lipinski definition) is 3. The summed E-state index contributed by atoms with van der Waals surface area (Å²) in [5, 5.41) is 4.46. The van der Waals surface area contributed by atoms with Crippen LogP contribution in [0.1, 0.15) is 12.5 Å². The lowest BCUT2D eigenvalue weighted by atomic mass is 10.1. The Kier molecular flexibility index (Phi) is 3.63. The monoisotopic (exact) mass is 266 g/mol. The number of imidazole rings is 1. The molecular formula is C16H18N4. The Hall–Kier alpha value is -2.36. The summed E-state index contributed by atoms with van der Waals surface area (Å²) < 4.78 is 2.14. The summed E-state index contributed by atoms with van der Waals surface area (Å²) in [6.07, 6.45) is 6.64. The van der Waals surface area contributed by atoms with Crippen LogP contribution in [0.5, 0.6) is 0 Å². The Balaban J connectivity index is 1.81. The molecule has 0 saturated heterocycles. The Morgan fingerprint density at radius 1 is 1.10 bits per heavy atom. The number of aromatic nitrogens is 3. The third-order valence-corrected chi connectivity index (χ3v) is 3.39. The molecule has 0 amide bonds. The topological polar surface area (TPSA) is 42.7 Å². The normalized spacial score (nSPS) is 10.8. The molecular weight excluding hydrogens is 248 g/mol. The molecule has 0 aliphatic rings. The predicted molar refractivity (Wildman–Crippen MR) is 81.8 cm³/mol. The van der Waals surface area contributed by atoms with Crippen LogP contribution in [0.2, 0.25) is 0 Å². The van der Waals surface area contributed by atoms with E-state index >= 15 is 0 Å². The van der Waals surface area contributed by atoms with Gasteiger partial charge >= 0.3 is 0 Å². The number of benzene rings is 1. The first-order chi connectivity index (χ1) is 9.88. The van der Waals surface area contributed by atoms with Crippen molar-refractivity contribution in [1.82, 2.24) is 14.5 Å². The zero-order valence-corrected chi connectivity index (χ0v) is 11.6. The second-order valence-corrected chi connectivity index (χ2v) is 4.72. The highest BCUT2D eigenvalue weighted by Crippen LogP contribution is 2.17. The third kappa shape index (κ3) is 2.50. The van der Waals surface area contributed by atoms with E-state index in [1.165, 1.54) is 10.9 Å². The second kappa shape index (κ2) is 5.74. The summed E-state index contributed by atoms with van der Waals surface area (Å²) >= 11 is 0. The maximum Gasteiger partial charge on any atom is 0.202 e. The minimum absolute atomic E-state index is 0.882. The van der Waals surface area contributed by atoms with Crippen LogP contribution in [-0.4, -0.2) is 21.1 Å². The second-order valence-electron chi connectivity index (χ2n) is 4.72. The Morgan fingerprint density at radius 2 is 2.00 bits per heavy atom. The first-order valence-corrected chi connectivity index (χ1v) is 6.96. The van der Waals surface area contributed by atoms with Crippen LogP contribution < -0.4 is 5.32 Å². The third-order valence-electron chi connectivity index (χ3n) is 3.39. The largest absolute Gasteiger partial charge is 0.356 e. The molecule has 102 valence electrons. The van der Waals surface area contributed by atoms with Gasteiger partial charge in [0.25, 0.3) is 0 Å². The van der Waals surface area contributed by atoms with Gasteiger partial charge in [0.15, 0.2) is 0 Å². The van der Waals surface area contributed by atoms with Gasteiger partial charge in [-0.1, -0.05) is 24.3 Å². The van der Waals surface area contributed by atoms with Crippen molar-refractivity contribution in [2.45, 2.75) is 19.9 Å². The van der Waals surface area contributed by atoms with E-state index in [2.05, 4.69) is 51.0 Å². The lowest BCUT2D eigenvalue weighted by Crippen LogP contribution is -2.08. The maximum absolute atomic E-state index is 4.50. The molecule has 0 radical (unpaired) electrons. The van der Waals surface area contributed by atoms with E-state index in [4.69, 9.17) is 0 Å². The molecule has 4 heteroatoms. The van der Waals surface area contributed by atoms with Crippen molar-refractivity contribution in [2.75, 3.05) is 11.9 Å². The van der Waals surface area contributed by atoms with Crippen molar-refractivity contribution < 1.29 is 0 Å². The summed E-state index contributed by atoms with van der Waals surface area (Å²) in [7, 11) is 0. The highest BCUT2D eigenvalue weighted by Gasteiger charge is 2.04. The van der Waals surface area contributed by atoms with Gasteiger partial charge < -0.3 is 9.88 Å². The fourth-order valence-corrected chi connectivity index (χ4v) is 2.42. The van der Waals surface area contributed by atoms with E-state index < -0.39 is 0 Å². The molecule has 2 heterocycles. The molecule has 0 aliphatic heterocycles. The summed E-state index contributed by atoms with van der Waals surface area (Å²) in [6, 6.07) is 10.4.